The van der Waals surface area contributed by atoms with Crippen molar-refractivity contribution in [3.8, 4) is 6.07 Å². The van der Waals surface area contributed by atoms with Crippen LogP contribution in [0.1, 0.15) is 11.1 Å². The Labute approximate surface area is 115 Å². The first-order valence-electron chi connectivity index (χ1n) is 5.22. The zero-order valence-corrected chi connectivity index (χ0v) is 11.3. The van der Waals surface area contributed by atoms with Gasteiger partial charge in [0, 0.05) is 3.57 Å². The van der Waals surface area contributed by atoms with Crippen molar-refractivity contribution in [1.29, 1.82) is 5.26 Å². The van der Waals surface area contributed by atoms with E-state index < -0.39 is 0 Å². The minimum Gasteiger partial charge on any atom is -0.192 e. The van der Waals surface area contributed by atoms with Crippen molar-refractivity contribution in [3.63, 3.8) is 0 Å². The van der Waals surface area contributed by atoms with E-state index in [1.54, 1.807) is 0 Å². The van der Waals surface area contributed by atoms with Gasteiger partial charge in [0.15, 0.2) is 0 Å². The maximum atomic E-state index is 9.19. The summed E-state index contributed by atoms with van der Waals surface area (Å²) in [7, 11) is 0. The second kappa shape index (κ2) is 5.65. The van der Waals surface area contributed by atoms with E-state index in [1.807, 2.05) is 54.6 Å². The zero-order valence-electron chi connectivity index (χ0n) is 9.10. The Morgan fingerprint density at radius 1 is 1.06 bits per heavy atom. The molecule has 1 nitrogen and oxygen atoms in total. The third-order valence-corrected chi connectivity index (χ3v) is 3.04. The first-order valence-corrected chi connectivity index (χ1v) is 6.30. The standard InChI is InChI=1S/C15H10IN/c16-15-8-4-5-12(10-15)9-14(11-17)13-6-2-1-3-7-13/h1-10H/b14-9-. The molecule has 0 aliphatic carbocycles. The van der Waals surface area contributed by atoms with Gasteiger partial charge >= 0.3 is 0 Å². The summed E-state index contributed by atoms with van der Waals surface area (Å²) < 4.78 is 1.17. The molecule has 2 rings (SSSR count). The Morgan fingerprint density at radius 2 is 1.82 bits per heavy atom. The summed E-state index contributed by atoms with van der Waals surface area (Å²) in [4.78, 5) is 0. The summed E-state index contributed by atoms with van der Waals surface area (Å²) in [6, 6.07) is 20.1. The SMILES string of the molecule is N#C/C(=C/c1cccc(I)c1)c1ccccc1. The minimum atomic E-state index is 0.688. The van der Waals surface area contributed by atoms with Crippen LogP contribution >= 0.6 is 22.6 Å². The molecule has 17 heavy (non-hydrogen) atoms. The molecular weight excluding hydrogens is 321 g/mol. The minimum absolute atomic E-state index is 0.688. The summed E-state index contributed by atoms with van der Waals surface area (Å²) in [6.07, 6.45) is 1.91. The molecule has 0 aliphatic rings. The third kappa shape index (κ3) is 3.18. The molecule has 0 saturated heterocycles. The maximum Gasteiger partial charge on any atom is 0.0998 e. The van der Waals surface area contributed by atoms with Gasteiger partial charge in [-0.25, -0.2) is 0 Å². The molecule has 0 atom stereocenters. The largest absolute Gasteiger partial charge is 0.192 e. The van der Waals surface area contributed by atoms with E-state index in [1.165, 1.54) is 3.57 Å². The van der Waals surface area contributed by atoms with Crippen LogP contribution in [-0.4, -0.2) is 0 Å². The lowest BCUT2D eigenvalue weighted by molar-refractivity contribution is 1.52. The summed E-state index contributed by atoms with van der Waals surface area (Å²) >= 11 is 2.27. The Kier molecular flexibility index (Phi) is 3.94. The van der Waals surface area contributed by atoms with E-state index >= 15 is 0 Å². The number of halogens is 1. The number of rotatable bonds is 2. The van der Waals surface area contributed by atoms with Gasteiger partial charge in [0.05, 0.1) is 11.6 Å². The van der Waals surface area contributed by atoms with Gasteiger partial charge < -0.3 is 0 Å². The molecule has 0 unspecified atom stereocenters. The van der Waals surface area contributed by atoms with E-state index in [-0.39, 0.29) is 0 Å². The van der Waals surface area contributed by atoms with Crippen LogP contribution in [0.3, 0.4) is 0 Å². The molecule has 0 radical (unpaired) electrons. The van der Waals surface area contributed by atoms with Crippen LogP contribution in [0.4, 0.5) is 0 Å². The van der Waals surface area contributed by atoms with Crippen LogP contribution in [-0.2, 0) is 0 Å². The summed E-state index contributed by atoms with van der Waals surface area (Å²) in [5.74, 6) is 0. The summed E-state index contributed by atoms with van der Waals surface area (Å²) in [5, 5.41) is 9.19. The van der Waals surface area contributed by atoms with Gasteiger partial charge in [0.1, 0.15) is 0 Å². The van der Waals surface area contributed by atoms with Crippen molar-refractivity contribution in [1.82, 2.24) is 0 Å². The van der Waals surface area contributed by atoms with E-state index in [2.05, 4.69) is 34.7 Å². The molecule has 82 valence electrons. The fraction of sp³-hybridized carbons (Fsp3) is 0. The number of nitriles is 1. The quantitative estimate of drug-likeness (QED) is 0.456. The monoisotopic (exact) mass is 331 g/mol. The van der Waals surface area contributed by atoms with Crippen LogP contribution < -0.4 is 0 Å². The molecule has 0 aliphatic heterocycles. The van der Waals surface area contributed by atoms with Gasteiger partial charge in [0.25, 0.3) is 0 Å². The van der Waals surface area contributed by atoms with Crippen molar-refractivity contribution in [3.05, 3.63) is 69.3 Å². The van der Waals surface area contributed by atoms with E-state index in [0.717, 1.165) is 11.1 Å². The van der Waals surface area contributed by atoms with Crippen LogP contribution in [0, 0.1) is 14.9 Å². The lowest BCUT2D eigenvalue weighted by atomic mass is 10.0. The fourth-order valence-corrected chi connectivity index (χ4v) is 2.13. The molecular formula is C15H10IN. The third-order valence-electron chi connectivity index (χ3n) is 2.36. The average Bonchev–Trinajstić information content (AvgIpc) is 2.37. The van der Waals surface area contributed by atoms with Gasteiger partial charge in [-0.2, -0.15) is 5.26 Å². The zero-order chi connectivity index (χ0) is 12.1. The number of hydrogen-bond donors (Lipinski definition) is 0. The fourth-order valence-electron chi connectivity index (χ4n) is 1.56. The normalized spacial score (nSPS) is 10.9. The van der Waals surface area contributed by atoms with Crippen molar-refractivity contribution < 1.29 is 0 Å². The topological polar surface area (TPSA) is 23.8 Å². The second-order valence-electron chi connectivity index (χ2n) is 3.59. The van der Waals surface area contributed by atoms with Crippen molar-refractivity contribution in [2.45, 2.75) is 0 Å². The first-order chi connectivity index (χ1) is 8.29. The molecule has 2 aromatic carbocycles. The lowest BCUT2D eigenvalue weighted by Crippen LogP contribution is -1.81. The van der Waals surface area contributed by atoms with E-state index in [9.17, 15) is 5.26 Å². The van der Waals surface area contributed by atoms with Crippen LogP contribution in [0.2, 0.25) is 0 Å². The predicted octanol–water partition coefficient (Wildman–Crippen LogP) is 4.36. The highest BCUT2D eigenvalue weighted by Crippen LogP contribution is 2.18. The number of allylic oxidation sites excluding steroid dienone is 1. The Bertz CT molecular complexity index is 579. The van der Waals surface area contributed by atoms with Gasteiger partial charge in [0.2, 0.25) is 0 Å². The van der Waals surface area contributed by atoms with Gasteiger partial charge in [-0.3, -0.25) is 0 Å². The molecule has 0 spiro atoms. The molecule has 0 amide bonds. The van der Waals surface area contributed by atoms with Gasteiger partial charge in [-0.1, -0.05) is 42.5 Å². The lowest BCUT2D eigenvalue weighted by Gasteiger charge is -1.99. The summed E-state index contributed by atoms with van der Waals surface area (Å²) in [6.45, 7) is 0. The second-order valence-corrected chi connectivity index (χ2v) is 4.84. The molecule has 0 fully saturated rings. The predicted molar refractivity (Wildman–Crippen MR) is 79.1 cm³/mol. The number of hydrogen-bond acceptors (Lipinski definition) is 1. The molecule has 0 aromatic heterocycles. The van der Waals surface area contributed by atoms with E-state index in [4.69, 9.17) is 0 Å². The Morgan fingerprint density at radius 3 is 2.47 bits per heavy atom. The highest BCUT2D eigenvalue weighted by Gasteiger charge is 1.99. The first kappa shape index (κ1) is 11.9. The highest BCUT2D eigenvalue weighted by atomic mass is 127. The molecule has 0 heterocycles. The highest BCUT2D eigenvalue weighted by molar-refractivity contribution is 14.1. The van der Waals surface area contributed by atoms with Crippen LogP contribution in [0.25, 0.3) is 11.6 Å². The van der Waals surface area contributed by atoms with Crippen molar-refractivity contribution in [2.75, 3.05) is 0 Å². The van der Waals surface area contributed by atoms with Crippen LogP contribution in [0.15, 0.2) is 54.6 Å². The maximum absolute atomic E-state index is 9.19. The number of nitrogens with zero attached hydrogens (tertiary/aromatic N) is 1. The molecule has 0 N–H and O–H groups in total. The summed E-state index contributed by atoms with van der Waals surface area (Å²) in [5.41, 5.74) is 2.69. The van der Waals surface area contributed by atoms with Crippen LogP contribution in [0.5, 0.6) is 0 Å². The Balaban J connectivity index is 2.41. The Hall–Kier alpha value is -1.60. The molecule has 2 heteroatoms. The molecule has 0 saturated carbocycles. The molecule has 0 bridgehead atoms. The van der Waals surface area contributed by atoms with Crippen molar-refractivity contribution >= 4 is 34.2 Å². The van der Waals surface area contributed by atoms with Gasteiger partial charge in [-0.15, -0.1) is 0 Å². The van der Waals surface area contributed by atoms with Crippen molar-refractivity contribution in [2.24, 2.45) is 0 Å². The number of benzene rings is 2. The molecule has 2 aromatic rings. The smallest absolute Gasteiger partial charge is 0.0998 e. The average molecular weight is 331 g/mol. The van der Waals surface area contributed by atoms with Gasteiger partial charge in [-0.05, 0) is 51.9 Å². The van der Waals surface area contributed by atoms with E-state index in [0.29, 0.717) is 5.57 Å².